The summed E-state index contributed by atoms with van der Waals surface area (Å²) in [6, 6.07) is 19.1. The molecule has 0 fully saturated rings. The Morgan fingerprint density at radius 1 is 0.870 bits per heavy atom. The highest BCUT2D eigenvalue weighted by Crippen LogP contribution is 2.49. The Morgan fingerprint density at radius 2 is 1.35 bits per heavy atom. The largest absolute Gasteiger partial charge is 0.365 e. The molecular weight excluding hydrogens is 311 g/mol. The van der Waals surface area contributed by atoms with E-state index in [0.717, 1.165) is 11.1 Å². The standard InChI is InChI=1S/C18H21O4P/c1-2-13-20-16-23(19,21-14-17-9-5-3-6-10-17)22-15-18-11-7-4-8-12-18/h2-12H,1,13-16H2. The normalized spacial score (nSPS) is 11.3. The van der Waals surface area contributed by atoms with Crippen molar-refractivity contribution in [2.45, 2.75) is 13.2 Å². The summed E-state index contributed by atoms with van der Waals surface area (Å²) in [5.41, 5.74) is 1.86. The fourth-order valence-corrected chi connectivity index (χ4v) is 3.10. The van der Waals surface area contributed by atoms with E-state index in [-0.39, 0.29) is 19.6 Å². The zero-order valence-electron chi connectivity index (χ0n) is 13.0. The van der Waals surface area contributed by atoms with Crippen LogP contribution in [0, 0.1) is 0 Å². The highest BCUT2D eigenvalue weighted by Gasteiger charge is 2.25. The molecule has 0 atom stereocenters. The van der Waals surface area contributed by atoms with Gasteiger partial charge in [0.2, 0.25) is 0 Å². The van der Waals surface area contributed by atoms with Crippen LogP contribution in [0.2, 0.25) is 0 Å². The van der Waals surface area contributed by atoms with Gasteiger partial charge in [-0.15, -0.1) is 6.58 Å². The lowest BCUT2D eigenvalue weighted by Gasteiger charge is -2.18. The molecule has 0 unspecified atom stereocenters. The van der Waals surface area contributed by atoms with E-state index in [1.54, 1.807) is 6.08 Å². The molecule has 0 aliphatic heterocycles. The molecule has 0 spiro atoms. The van der Waals surface area contributed by atoms with Crippen molar-refractivity contribution in [3.05, 3.63) is 84.4 Å². The second kappa shape index (κ2) is 9.43. The Morgan fingerprint density at radius 3 is 1.78 bits per heavy atom. The van der Waals surface area contributed by atoms with Crippen LogP contribution in [-0.2, 0) is 31.6 Å². The summed E-state index contributed by atoms with van der Waals surface area (Å²) in [6.45, 7) is 4.30. The minimum absolute atomic E-state index is 0.0985. The molecule has 0 saturated carbocycles. The number of hydrogen-bond acceptors (Lipinski definition) is 4. The zero-order valence-corrected chi connectivity index (χ0v) is 13.9. The third-order valence-corrected chi connectivity index (χ3v) is 4.57. The van der Waals surface area contributed by atoms with Crippen molar-refractivity contribution >= 4 is 7.60 Å². The molecular formula is C18H21O4P. The average molecular weight is 332 g/mol. The van der Waals surface area contributed by atoms with Crippen LogP contribution < -0.4 is 0 Å². The lowest BCUT2D eigenvalue weighted by Crippen LogP contribution is -2.04. The molecule has 0 saturated heterocycles. The summed E-state index contributed by atoms with van der Waals surface area (Å²) in [7, 11) is -3.35. The van der Waals surface area contributed by atoms with E-state index in [1.807, 2.05) is 60.7 Å². The van der Waals surface area contributed by atoms with Crippen LogP contribution in [0.3, 0.4) is 0 Å². The maximum Gasteiger partial charge on any atom is 0.356 e. The lowest BCUT2D eigenvalue weighted by atomic mass is 10.2. The first-order valence-corrected chi connectivity index (χ1v) is 9.09. The van der Waals surface area contributed by atoms with Crippen LogP contribution in [0.4, 0.5) is 0 Å². The highest BCUT2D eigenvalue weighted by molar-refractivity contribution is 7.53. The SMILES string of the molecule is C=CCOCP(=O)(OCc1ccccc1)OCc1ccccc1. The van der Waals surface area contributed by atoms with Gasteiger partial charge in [-0.2, -0.15) is 0 Å². The van der Waals surface area contributed by atoms with Crippen LogP contribution in [0.15, 0.2) is 73.3 Å². The molecule has 5 heteroatoms. The van der Waals surface area contributed by atoms with E-state index in [9.17, 15) is 4.57 Å². The molecule has 2 aromatic rings. The Hall–Kier alpha value is -1.71. The first-order chi connectivity index (χ1) is 11.2. The minimum Gasteiger partial charge on any atom is -0.365 e. The molecule has 0 bridgehead atoms. The van der Waals surface area contributed by atoms with Crippen LogP contribution in [0.1, 0.15) is 11.1 Å². The summed E-state index contributed by atoms with van der Waals surface area (Å²) >= 11 is 0. The van der Waals surface area contributed by atoms with E-state index in [2.05, 4.69) is 6.58 Å². The summed E-state index contributed by atoms with van der Waals surface area (Å²) < 4.78 is 29.2. The van der Waals surface area contributed by atoms with E-state index in [1.165, 1.54) is 0 Å². The van der Waals surface area contributed by atoms with Gasteiger partial charge in [-0.25, -0.2) is 0 Å². The summed E-state index contributed by atoms with van der Waals surface area (Å²) in [5, 5.41) is 0. The van der Waals surface area contributed by atoms with Crippen molar-refractivity contribution in [2.75, 3.05) is 13.0 Å². The zero-order chi connectivity index (χ0) is 16.4. The monoisotopic (exact) mass is 332 g/mol. The second-order valence-electron chi connectivity index (χ2n) is 4.92. The number of hydrogen-bond donors (Lipinski definition) is 0. The molecule has 23 heavy (non-hydrogen) atoms. The number of benzene rings is 2. The van der Waals surface area contributed by atoms with Crippen molar-refractivity contribution in [3.63, 3.8) is 0 Å². The molecule has 4 nitrogen and oxygen atoms in total. The molecule has 0 heterocycles. The van der Waals surface area contributed by atoms with Crippen LogP contribution in [-0.4, -0.2) is 13.0 Å². The predicted octanol–water partition coefficient (Wildman–Crippen LogP) is 4.77. The van der Waals surface area contributed by atoms with Gasteiger partial charge in [-0.1, -0.05) is 66.7 Å². The van der Waals surface area contributed by atoms with Gasteiger partial charge in [0, 0.05) is 0 Å². The smallest absolute Gasteiger partial charge is 0.356 e. The molecule has 0 aromatic heterocycles. The van der Waals surface area contributed by atoms with Gasteiger partial charge >= 0.3 is 7.60 Å². The molecule has 122 valence electrons. The Kier molecular flexibility index (Phi) is 7.24. The van der Waals surface area contributed by atoms with Gasteiger partial charge in [-0.3, -0.25) is 4.57 Å². The molecule has 0 N–H and O–H groups in total. The third kappa shape index (κ3) is 6.51. The van der Waals surface area contributed by atoms with Gasteiger partial charge < -0.3 is 13.8 Å². The molecule has 0 radical (unpaired) electrons. The van der Waals surface area contributed by atoms with E-state index in [4.69, 9.17) is 13.8 Å². The van der Waals surface area contributed by atoms with Gasteiger partial charge in [0.25, 0.3) is 0 Å². The van der Waals surface area contributed by atoms with Crippen molar-refractivity contribution in [2.24, 2.45) is 0 Å². The van der Waals surface area contributed by atoms with Gasteiger partial charge in [0.05, 0.1) is 19.8 Å². The second-order valence-corrected chi connectivity index (χ2v) is 6.91. The fraction of sp³-hybridized carbons (Fsp3) is 0.222. The number of rotatable bonds is 10. The molecule has 2 rings (SSSR count). The first kappa shape index (κ1) is 17.6. The average Bonchev–Trinajstić information content (AvgIpc) is 2.61. The number of ether oxygens (including phenoxy) is 1. The lowest BCUT2D eigenvalue weighted by molar-refractivity contribution is 0.136. The molecule has 0 amide bonds. The molecule has 0 aliphatic rings. The van der Waals surface area contributed by atoms with E-state index < -0.39 is 7.60 Å². The van der Waals surface area contributed by atoms with Crippen molar-refractivity contribution in [3.8, 4) is 0 Å². The Labute approximate surface area is 137 Å². The van der Waals surface area contributed by atoms with E-state index in [0.29, 0.717) is 6.61 Å². The fourth-order valence-electron chi connectivity index (χ4n) is 1.85. The molecule has 0 aliphatic carbocycles. The van der Waals surface area contributed by atoms with Crippen molar-refractivity contribution in [1.82, 2.24) is 0 Å². The van der Waals surface area contributed by atoms with Gasteiger partial charge in [0.15, 0.2) is 0 Å². The van der Waals surface area contributed by atoms with Gasteiger partial charge in [0.1, 0.15) is 6.35 Å². The van der Waals surface area contributed by atoms with Crippen LogP contribution in [0.25, 0.3) is 0 Å². The summed E-state index contributed by atoms with van der Waals surface area (Å²) in [6.07, 6.45) is 1.50. The maximum absolute atomic E-state index is 12.8. The van der Waals surface area contributed by atoms with Gasteiger partial charge in [-0.05, 0) is 11.1 Å². The molecule has 2 aromatic carbocycles. The highest BCUT2D eigenvalue weighted by atomic mass is 31.2. The minimum atomic E-state index is -3.35. The third-order valence-electron chi connectivity index (χ3n) is 3.03. The maximum atomic E-state index is 12.8. The summed E-state index contributed by atoms with van der Waals surface area (Å²) in [5.74, 6) is 0. The van der Waals surface area contributed by atoms with E-state index >= 15 is 0 Å². The van der Waals surface area contributed by atoms with Crippen LogP contribution in [0.5, 0.6) is 0 Å². The Bertz CT molecular complexity index is 580. The van der Waals surface area contributed by atoms with Crippen molar-refractivity contribution < 1.29 is 18.3 Å². The summed E-state index contributed by atoms with van der Waals surface area (Å²) in [4.78, 5) is 0. The first-order valence-electron chi connectivity index (χ1n) is 7.36. The Balaban J connectivity index is 1.96. The van der Waals surface area contributed by atoms with Crippen LogP contribution >= 0.6 is 7.60 Å². The van der Waals surface area contributed by atoms with Crippen molar-refractivity contribution in [1.29, 1.82) is 0 Å². The predicted molar refractivity (Wildman–Crippen MR) is 91.1 cm³/mol. The topological polar surface area (TPSA) is 44.8 Å². The quantitative estimate of drug-likeness (QED) is 0.357.